The van der Waals surface area contributed by atoms with Crippen LogP contribution in [0.15, 0.2) is 0 Å². The number of likely N-dealkylation sites (tertiary alicyclic amines) is 1. The van der Waals surface area contributed by atoms with Crippen LogP contribution in [0.25, 0.3) is 0 Å². The Balaban J connectivity index is 2.14. The van der Waals surface area contributed by atoms with Crippen molar-refractivity contribution >= 4 is 11.9 Å². The van der Waals surface area contributed by atoms with Gasteiger partial charge in [-0.15, -0.1) is 0 Å². The third kappa shape index (κ3) is 3.72. The van der Waals surface area contributed by atoms with Crippen LogP contribution in [-0.2, 0) is 4.79 Å². The van der Waals surface area contributed by atoms with E-state index in [-0.39, 0.29) is 11.9 Å². The minimum absolute atomic E-state index is 0.114. The molecule has 1 aliphatic heterocycles. The molecule has 5 heteroatoms. The van der Waals surface area contributed by atoms with Crippen LogP contribution in [-0.4, -0.2) is 55.0 Å². The van der Waals surface area contributed by atoms with Gasteiger partial charge in [0.2, 0.25) is 5.91 Å². The predicted octanol–water partition coefficient (Wildman–Crippen LogP) is 0.660. The average molecular weight is 227 g/mol. The van der Waals surface area contributed by atoms with Gasteiger partial charge in [-0.05, 0) is 19.8 Å². The number of nitrogens with zero attached hydrogens (tertiary/aromatic N) is 2. The molecule has 3 amide bonds. The lowest BCUT2D eigenvalue weighted by molar-refractivity contribution is -0.129. The van der Waals surface area contributed by atoms with E-state index >= 15 is 0 Å². The molecule has 0 unspecified atom stereocenters. The Morgan fingerprint density at radius 1 is 1.31 bits per heavy atom. The van der Waals surface area contributed by atoms with E-state index in [2.05, 4.69) is 5.32 Å². The number of nitrogens with one attached hydrogen (secondary N) is 1. The van der Waals surface area contributed by atoms with Crippen LogP contribution in [0, 0.1) is 0 Å². The third-order valence-electron chi connectivity index (χ3n) is 2.89. The summed E-state index contributed by atoms with van der Waals surface area (Å²) in [5.41, 5.74) is 0. The van der Waals surface area contributed by atoms with Crippen LogP contribution in [0.5, 0.6) is 0 Å². The summed E-state index contributed by atoms with van der Waals surface area (Å²) in [6, 6.07) is -0.114. The van der Waals surface area contributed by atoms with Crippen molar-refractivity contribution in [2.24, 2.45) is 0 Å². The van der Waals surface area contributed by atoms with E-state index in [9.17, 15) is 9.59 Å². The highest BCUT2D eigenvalue weighted by molar-refractivity contribution is 5.78. The first-order chi connectivity index (χ1) is 7.65. The molecule has 5 nitrogen and oxygen atoms in total. The molecule has 1 N–H and O–H groups in total. The average Bonchev–Trinajstić information content (AvgIpc) is 2.81. The molecule has 0 atom stereocenters. The molecule has 0 bridgehead atoms. The van der Waals surface area contributed by atoms with E-state index in [1.54, 1.807) is 11.9 Å². The second kappa shape index (κ2) is 6.35. The maximum Gasteiger partial charge on any atom is 0.317 e. The number of hydrogen-bond acceptors (Lipinski definition) is 2. The lowest BCUT2D eigenvalue weighted by Gasteiger charge is -2.17. The Bertz CT molecular complexity index is 250. The fourth-order valence-electron chi connectivity index (χ4n) is 1.68. The van der Waals surface area contributed by atoms with E-state index in [1.165, 1.54) is 0 Å². The summed E-state index contributed by atoms with van der Waals surface area (Å²) in [4.78, 5) is 26.4. The minimum atomic E-state index is -0.114. The van der Waals surface area contributed by atoms with Gasteiger partial charge in [-0.3, -0.25) is 4.79 Å². The van der Waals surface area contributed by atoms with Crippen LogP contribution < -0.4 is 5.32 Å². The van der Waals surface area contributed by atoms with Crippen LogP contribution in [0.3, 0.4) is 0 Å². The normalized spacial score (nSPS) is 15.0. The molecule has 0 aliphatic carbocycles. The van der Waals surface area contributed by atoms with Crippen LogP contribution in [0.2, 0.25) is 0 Å². The molecular weight excluding hydrogens is 206 g/mol. The maximum absolute atomic E-state index is 11.6. The summed E-state index contributed by atoms with van der Waals surface area (Å²) in [7, 11) is 1.73. The van der Waals surface area contributed by atoms with E-state index < -0.39 is 0 Å². The molecule has 0 radical (unpaired) electrons. The second-order valence-electron chi connectivity index (χ2n) is 4.08. The van der Waals surface area contributed by atoms with Gasteiger partial charge in [-0.25, -0.2) is 4.79 Å². The maximum atomic E-state index is 11.6. The summed E-state index contributed by atoms with van der Waals surface area (Å²) >= 11 is 0. The number of urea groups is 1. The second-order valence-corrected chi connectivity index (χ2v) is 4.08. The number of rotatable bonds is 4. The molecule has 92 valence electrons. The predicted molar refractivity (Wildman–Crippen MR) is 62.1 cm³/mol. The molecule has 0 aromatic heterocycles. The van der Waals surface area contributed by atoms with E-state index in [4.69, 9.17) is 0 Å². The molecule has 0 saturated carbocycles. The van der Waals surface area contributed by atoms with Crippen molar-refractivity contribution in [1.29, 1.82) is 0 Å². The van der Waals surface area contributed by atoms with Crippen molar-refractivity contribution in [2.45, 2.75) is 26.2 Å². The van der Waals surface area contributed by atoms with Crippen molar-refractivity contribution in [3.63, 3.8) is 0 Å². The quantitative estimate of drug-likeness (QED) is 0.767. The summed E-state index contributed by atoms with van der Waals surface area (Å²) in [5.74, 6) is 0.150. The lowest BCUT2D eigenvalue weighted by atomic mass is 10.3. The smallest absolute Gasteiger partial charge is 0.317 e. The largest absolute Gasteiger partial charge is 0.343 e. The van der Waals surface area contributed by atoms with Gasteiger partial charge in [0, 0.05) is 39.6 Å². The zero-order valence-electron chi connectivity index (χ0n) is 10.2. The third-order valence-corrected chi connectivity index (χ3v) is 2.89. The fourth-order valence-corrected chi connectivity index (χ4v) is 1.68. The first kappa shape index (κ1) is 12.8. The van der Waals surface area contributed by atoms with Gasteiger partial charge in [0.25, 0.3) is 0 Å². The molecule has 1 heterocycles. The van der Waals surface area contributed by atoms with Gasteiger partial charge in [0.05, 0.1) is 0 Å². The monoisotopic (exact) mass is 227 g/mol. The number of carbonyl (C=O) groups is 2. The van der Waals surface area contributed by atoms with Gasteiger partial charge in [-0.1, -0.05) is 0 Å². The van der Waals surface area contributed by atoms with Gasteiger partial charge < -0.3 is 15.1 Å². The summed E-state index contributed by atoms with van der Waals surface area (Å²) in [5, 5.41) is 2.73. The summed E-state index contributed by atoms with van der Waals surface area (Å²) in [6.45, 7) is 4.77. The highest BCUT2D eigenvalue weighted by atomic mass is 16.2. The fraction of sp³-hybridized carbons (Fsp3) is 0.818. The molecule has 0 aromatic rings. The minimum Gasteiger partial charge on any atom is -0.343 e. The van der Waals surface area contributed by atoms with Crippen molar-refractivity contribution in [1.82, 2.24) is 15.1 Å². The number of carbonyl (C=O) groups excluding carboxylic acids is 2. The Labute approximate surface area is 96.8 Å². The highest BCUT2D eigenvalue weighted by Gasteiger charge is 2.17. The molecule has 0 aromatic carbocycles. The van der Waals surface area contributed by atoms with Crippen molar-refractivity contribution in [2.75, 3.05) is 33.2 Å². The number of amides is 3. The van der Waals surface area contributed by atoms with Crippen molar-refractivity contribution < 1.29 is 9.59 Å². The molecule has 1 aliphatic rings. The Morgan fingerprint density at radius 2 is 1.94 bits per heavy atom. The van der Waals surface area contributed by atoms with Gasteiger partial charge in [-0.2, -0.15) is 0 Å². The van der Waals surface area contributed by atoms with Gasteiger partial charge >= 0.3 is 6.03 Å². The molecule has 1 saturated heterocycles. The zero-order valence-corrected chi connectivity index (χ0v) is 10.2. The van der Waals surface area contributed by atoms with E-state index in [0.717, 1.165) is 25.9 Å². The molecule has 0 spiro atoms. The first-order valence-electron chi connectivity index (χ1n) is 5.92. The van der Waals surface area contributed by atoms with Crippen molar-refractivity contribution in [3.8, 4) is 0 Å². The lowest BCUT2D eigenvalue weighted by Crippen LogP contribution is -2.39. The highest BCUT2D eigenvalue weighted by Crippen LogP contribution is 2.08. The summed E-state index contributed by atoms with van der Waals surface area (Å²) < 4.78 is 0. The van der Waals surface area contributed by atoms with Gasteiger partial charge in [0.1, 0.15) is 0 Å². The van der Waals surface area contributed by atoms with E-state index in [1.807, 2.05) is 11.8 Å². The number of hydrogen-bond donors (Lipinski definition) is 1. The molecule has 1 rings (SSSR count). The van der Waals surface area contributed by atoms with Crippen LogP contribution >= 0.6 is 0 Å². The van der Waals surface area contributed by atoms with Crippen molar-refractivity contribution in [3.05, 3.63) is 0 Å². The topological polar surface area (TPSA) is 52.7 Å². The molecular formula is C11H21N3O2. The Kier molecular flexibility index (Phi) is 5.08. The van der Waals surface area contributed by atoms with Crippen LogP contribution in [0.4, 0.5) is 4.79 Å². The van der Waals surface area contributed by atoms with Crippen LogP contribution in [0.1, 0.15) is 26.2 Å². The standard InChI is InChI=1S/C11H21N3O2/c1-3-13(2)11(16)12-7-6-10(15)14-8-4-5-9-14/h3-9H2,1-2H3,(H,12,16). The first-order valence-corrected chi connectivity index (χ1v) is 5.92. The SMILES string of the molecule is CCN(C)C(=O)NCCC(=O)N1CCCC1. The Hall–Kier alpha value is -1.26. The molecule has 16 heavy (non-hydrogen) atoms. The van der Waals surface area contributed by atoms with E-state index in [0.29, 0.717) is 19.5 Å². The zero-order chi connectivity index (χ0) is 12.0. The molecule has 1 fully saturated rings. The van der Waals surface area contributed by atoms with Gasteiger partial charge in [0.15, 0.2) is 0 Å². The summed E-state index contributed by atoms with van der Waals surface area (Å²) in [6.07, 6.45) is 2.62. The Morgan fingerprint density at radius 3 is 2.50 bits per heavy atom.